The van der Waals surface area contributed by atoms with Gasteiger partial charge in [0.1, 0.15) is 0 Å². The summed E-state index contributed by atoms with van der Waals surface area (Å²) in [6.45, 7) is 10.2. The summed E-state index contributed by atoms with van der Waals surface area (Å²) in [4.78, 5) is 44.5. The topological polar surface area (TPSA) is 82.2 Å². The van der Waals surface area contributed by atoms with Gasteiger partial charge in [-0.05, 0) is 37.3 Å². The maximum absolute atomic E-state index is 13.5. The summed E-state index contributed by atoms with van der Waals surface area (Å²) in [7, 11) is 0. The number of benzene rings is 2. The standard InChI is InChI=1S/C27H34N4O4/c1-19(2)25(32)28-22-8-9-24(23(18-22)27(34)31-14-16-35-17-15-31)29-10-12-30(13-11-29)26(33)21-6-4-20(3)5-7-21/h4-9,18-19H,10-17H2,1-3H3,(H,28,32). The molecule has 8 heteroatoms. The van der Waals surface area contributed by atoms with Crippen LogP contribution in [0.3, 0.4) is 0 Å². The molecule has 2 aliphatic heterocycles. The molecular formula is C27H34N4O4. The number of morpholine rings is 1. The number of hydrogen-bond acceptors (Lipinski definition) is 5. The molecule has 3 amide bonds. The highest BCUT2D eigenvalue weighted by Gasteiger charge is 2.27. The lowest BCUT2D eigenvalue weighted by atomic mass is 10.1. The fourth-order valence-corrected chi connectivity index (χ4v) is 4.31. The molecular weight excluding hydrogens is 444 g/mol. The minimum atomic E-state index is -0.160. The van der Waals surface area contributed by atoms with Crippen LogP contribution in [0.2, 0.25) is 0 Å². The van der Waals surface area contributed by atoms with Crippen molar-refractivity contribution >= 4 is 29.1 Å². The Bertz CT molecular complexity index is 1070. The summed E-state index contributed by atoms with van der Waals surface area (Å²) in [5, 5.41) is 2.91. The highest BCUT2D eigenvalue weighted by molar-refractivity contribution is 6.02. The van der Waals surface area contributed by atoms with Crippen LogP contribution >= 0.6 is 0 Å². The average molecular weight is 479 g/mol. The van der Waals surface area contributed by atoms with E-state index in [0.717, 1.165) is 11.3 Å². The van der Waals surface area contributed by atoms with Crippen molar-refractivity contribution in [2.24, 2.45) is 5.92 Å². The number of aryl methyl sites for hydroxylation is 1. The minimum Gasteiger partial charge on any atom is -0.378 e. The normalized spacial score (nSPS) is 16.4. The quantitative estimate of drug-likeness (QED) is 0.715. The van der Waals surface area contributed by atoms with E-state index >= 15 is 0 Å². The molecule has 0 radical (unpaired) electrons. The van der Waals surface area contributed by atoms with Crippen molar-refractivity contribution in [3.63, 3.8) is 0 Å². The fraction of sp³-hybridized carbons (Fsp3) is 0.444. The lowest BCUT2D eigenvalue weighted by Gasteiger charge is -2.37. The molecule has 8 nitrogen and oxygen atoms in total. The van der Waals surface area contributed by atoms with E-state index < -0.39 is 0 Å². The van der Waals surface area contributed by atoms with Gasteiger partial charge in [0, 0.05) is 62.1 Å². The maximum atomic E-state index is 13.5. The third-order valence-corrected chi connectivity index (χ3v) is 6.52. The van der Waals surface area contributed by atoms with Crippen LogP contribution in [0.1, 0.15) is 40.1 Å². The predicted molar refractivity (Wildman–Crippen MR) is 136 cm³/mol. The number of rotatable bonds is 5. The Labute approximate surface area is 206 Å². The van der Waals surface area contributed by atoms with E-state index in [-0.39, 0.29) is 23.6 Å². The summed E-state index contributed by atoms with van der Waals surface area (Å²) in [6.07, 6.45) is 0. The van der Waals surface area contributed by atoms with Crippen molar-refractivity contribution < 1.29 is 19.1 Å². The summed E-state index contributed by atoms with van der Waals surface area (Å²) in [5.41, 5.74) is 3.81. The second kappa shape index (κ2) is 10.9. The Balaban J connectivity index is 1.52. The molecule has 0 spiro atoms. The molecule has 2 fully saturated rings. The largest absolute Gasteiger partial charge is 0.378 e. The first kappa shape index (κ1) is 24.7. The second-order valence-corrected chi connectivity index (χ2v) is 9.43. The first-order valence-corrected chi connectivity index (χ1v) is 12.3. The van der Waals surface area contributed by atoms with Crippen LogP contribution in [-0.2, 0) is 9.53 Å². The summed E-state index contributed by atoms with van der Waals surface area (Å²) < 4.78 is 5.41. The first-order valence-electron chi connectivity index (χ1n) is 12.3. The van der Waals surface area contributed by atoms with Gasteiger partial charge in [-0.25, -0.2) is 0 Å². The molecule has 0 aliphatic carbocycles. The first-order chi connectivity index (χ1) is 16.8. The van der Waals surface area contributed by atoms with E-state index in [9.17, 15) is 14.4 Å². The summed E-state index contributed by atoms with van der Waals surface area (Å²) >= 11 is 0. The second-order valence-electron chi connectivity index (χ2n) is 9.43. The number of amides is 3. The lowest BCUT2D eigenvalue weighted by Crippen LogP contribution is -2.49. The number of nitrogens with one attached hydrogen (secondary N) is 1. The van der Waals surface area contributed by atoms with Crippen molar-refractivity contribution in [1.82, 2.24) is 9.80 Å². The third kappa shape index (κ3) is 5.82. The van der Waals surface area contributed by atoms with E-state index in [1.807, 2.05) is 62.1 Å². The lowest BCUT2D eigenvalue weighted by molar-refractivity contribution is -0.118. The molecule has 2 aromatic rings. The van der Waals surface area contributed by atoms with Gasteiger partial charge in [-0.2, -0.15) is 0 Å². The SMILES string of the molecule is Cc1ccc(C(=O)N2CCN(c3ccc(NC(=O)C(C)C)cc3C(=O)N3CCOCC3)CC2)cc1. The van der Waals surface area contributed by atoms with Gasteiger partial charge in [0.25, 0.3) is 11.8 Å². The van der Waals surface area contributed by atoms with E-state index in [1.54, 1.807) is 11.0 Å². The van der Waals surface area contributed by atoms with E-state index in [1.165, 1.54) is 0 Å². The molecule has 0 atom stereocenters. The third-order valence-electron chi connectivity index (χ3n) is 6.52. The van der Waals surface area contributed by atoms with Crippen LogP contribution in [-0.4, -0.2) is 80.0 Å². The van der Waals surface area contributed by atoms with Crippen LogP contribution in [0.4, 0.5) is 11.4 Å². The van der Waals surface area contributed by atoms with Crippen molar-refractivity contribution in [1.29, 1.82) is 0 Å². The molecule has 2 saturated heterocycles. The Morgan fingerprint density at radius 3 is 2.09 bits per heavy atom. The highest BCUT2D eigenvalue weighted by atomic mass is 16.5. The molecule has 0 aromatic heterocycles. The van der Waals surface area contributed by atoms with Crippen molar-refractivity contribution in [2.75, 3.05) is 62.7 Å². The molecule has 4 rings (SSSR count). The van der Waals surface area contributed by atoms with Crippen LogP contribution in [0, 0.1) is 12.8 Å². The monoisotopic (exact) mass is 478 g/mol. The smallest absolute Gasteiger partial charge is 0.256 e. The molecule has 0 bridgehead atoms. The van der Waals surface area contributed by atoms with Gasteiger partial charge in [0.2, 0.25) is 5.91 Å². The number of nitrogens with zero attached hydrogens (tertiary/aromatic N) is 3. The Kier molecular flexibility index (Phi) is 7.70. The van der Waals surface area contributed by atoms with E-state index in [4.69, 9.17) is 4.74 Å². The molecule has 0 saturated carbocycles. The van der Waals surface area contributed by atoms with Crippen molar-refractivity contribution in [3.8, 4) is 0 Å². The minimum absolute atomic E-state index is 0.0287. The average Bonchev–Trinajstić information content (AvgIpc) is 2.89. The number of anilines is 2. The Morgan fingerprint density at radius 2 is 1.46 bits per heavy atom. The fourth-order valence-electron chi connectivity index (χ4n) is 4.31. The van der Waals surface area contributed by atoms with Gasteiger partial charge in [0.15, 0.2) is 0 Å². The molecule has 2 aliphatic rings. The zero-order valence-corrected chi connectivity index (χ0v) is 20.8. The zero-order valence-electron chi connectivity index (χ0n) is 20.8. The van der Waals surface area contributed by atoms with Crippen LogP contribution < -0.4 is 10.2 Å². The van der Waals surface area contributed by atoms with Gasteiger partial charge < -0.3 is 24.8 Å². The number of ether oxygens (including phenoxy) is 1. The van der Waals surface area contributed by atoms with Crippen LogP contribution in [0.5, 0.6) is 0 Å². The highest BCUT2D eigenvalue weighted by Crippen LogP contribution is 2.28. The molecule has 2 heterocycles. The maximum Gasteiger partial charge on any atom is 0.256 e. The Morgan fingerprint density at radius 1 is 0.829 bits per heavy atom. The van der Waals surface area contributed by atoms with Crippen LogP contribution in [0.15, 0.2) is 42.5 Å². The Hall–Kier alpha value is -3.39. The van der Waals surface area contributed by atoms with Gasteiger partial charge >= 0.3 is 0 Å². The van der Waals surface area contributed by atoms with E-state index in [0.29, 0.717) is 69.3 Å². The van der Waals surface area contributed by atoms with Crippen molar-refractivity contribution in [2.45, 2.75) is 20.8 Å². The van der Waals surface area contributed by atoms with E-state index in [2.05, 4.69) is 10.2 Å². The van der Waals surface area contributed by atoms with Crippen LogP contribution in [0.25, 0.3) is 0 Å². The van der Waals surface area contributed by atoms with Gasteiger partial charge in [-0.3, -0.25) is 14.4 Å². The van der Waals surface area contributed by atoms with Gasteiger partial charge in [-0.1, -0.05) is 31.5 Å². The van der Waals surface area contributed by atoms with Crippen molar-refractivity contribution in [3.05, 3.63) is 59.2 Å². The molecule has 186 valence electrons. The number of hydrogen-bond donors (Lipinski definition) is 1. The summed E-state index contributed by atoms with van der Waals surface area (Å²) in [5.74, 6) is -0.291. The van der Waals surface area contributed by atoms with Gasteiger partial charge in [0.05, 0.1) is 18.8 Å². The molecule has 1 N–H and O–H groups in total. The van der Waals surface area contributed by atoms with Gasteiger partial charge in [-0.15, -0.1) is 0 Å². The number of carbonyl (C=O) groups is 3. The molecule has 2 aromatic carbocycles. The number of piperazine rings is 1. The zero-order chi connectivity index (χ0) is 24.9. The molecule has 0 unspecified atom stereocenters. The number of carbonyl (C=O) groups excluding carboxylic acids is 3. The summed E-state index contributed by atoms with van der Waals surface area (Å²) in [6, 6.07) is 13.2. The predicted octanol–water partition coefficient (Wildman–Crippen LogP) is 3.02. The molecule has 35 heavy (non-hydrogen) atoms.